The molecule has 3 aromatic carbocycles. The van der Waals surface area contributed by atoms with E-state index in [1.165, 1.54) is 30.6 Å². The quantitative estimate of drug-likeness (QED) is 0.254. The zero-order chi connectivity index (χ0) is 26.1. The van der Waals surface area contributed by atoms with Gasteiger partial charge in [-0.25, -0.2) is 14.4 Å². The molecule has 9 heteroatoms. The van der Waals surface area contributed by atoms with Gasteiger partial charge in [0.2, 0.25) is 23.4 Å². The molecular formula is C29H21FN4O4. The summed E-state index contributed by atoms with van der Waals surface area (Å²) >= 11 is 0. The summed E-state index contributed by atoms with van der Waals surface area (Å²) in [7, 11) is 0. The van der Waals surface area contributed by atoms with E-state index in [9.17, 15) is 14.0 Å². The van der Waals surface area contributed by atoms with Gasteiger partial charge in [0.1, 0.15) is 34.5 Å². The monoisotopic (exact) mass is 508 g/mol. The lowest BCUT2D eigenvalue weighted by atomic mass is 10.0. The van der Waals surface area contributed by atoms with E-state index in [1.807, 2.05) is 36.4 Å². The van der Waals surface area contributed by atoms with Crippen LogP contribution in [0, 0.1) is 11.2 Å². The summed E-state index contributed by atoms with van der Waals surface area (Å²) in [5, 5.41) is 6.13. The molecule has 2 aromatic heterocycles. The number of carbonyl (C=O) groups excluding carboxylic acids is 2. The maximum Gasteiger partial charge on any atom is 0.240 e. The molecule has 1 aliphatic rings. The first kappa shape index (κ1) is 23.4. The Kier molecular flexibility index (Phi) is 5.80. The normalized spacial score (nSPS) is 13.6. The number of halogens is 1. The van der Waals surface area contributed by atoms with Crippen LogP contribution in [0.3, 0.4) is 0 Å². The third-order valence-electron chi connectivity index (χ3n) is 6.40. The third kappa shape index (κ3) is 4.57. The molecule has 0 unspecified atom stereocenters. The van der Waals surface area contributed by atoms with E-state index in [0.717, 1.165) is 5.56 Å². The topological polar surface area (TPSA) is 106 Å². The van der Waals surface area contributed by atoms with Gasteiger partial charge in [0.05, 0.1) is 0 Å². The van der Waals surface area contributed by atoms with Gasteiger partial charge < -0.3 is 19.8 Å². The van der Waals surface area contributed by atoms with Crippen LogP contribution in [0.5, 0.6) is 11.6 Å². The number of hydrogen-bond donors (Lipinski definition) is 2. The van der Waals surface area contributed by atoms with Gasteiger partial charge in [-0.15, -0.1) is 0 Å². The van der Waals surface area contributed by atoms with Crippen molar-refractivity contribution in [3.8, 4) is 23.0 Å². The average Bonchev–Trinajstić information content (AvgIpc) is 3.64. The molecule has 6 rings (SSSR count). The molecule has 1 aliphatic carbocycles. The number of nitrogens with zero attached hydrogens (tertiary/aromatic N) is 2. The maximum atomic E-state index is 13.1. The van der Waals surface area contributed by atoms with Crippen LogP contribution in [-0.2, 0) is 9.59 Å². The van der Waals surface area contributed by atoms with Crippen molar-refractivity contribution in [1.29, 1.82) is 0 Å². The third-order valence-corrected chi connectivity index (χ3v) is 6.40. The van der Waals surface area contributed by atoms with Crippen molar-refractivity contribution in [2.24, 2.45) is 5.41 Å². The summed E-state index contributed by atoms with van der Waals surface area (Å²) in [5.74, 6) is 0.286. The molecule has 38 heavy (non-hydrogen) atoms. The van der Waals surface area contributed by atoms with Crippen LogP contribution in [0.2, 0.25) is 0 Å². The summed E-state index contributed by atoms with van der Waals surface area (Å²) < 4.78 is 25.0. The molecular weight excluding hydrogens is 487 g/mol. The van der Waals surface area contributed by atoms with Gasteiger partial charge >= 0.3 is 0 Å². The highest BCUT2D eigenvalue weighted by molar-refractivity contribution is 6.16. The molecule has 2 heterocycles. The Morgan fingerprint density at radius 3 is 2.11 bits per heavy atom. The van der Waals surface area contributed by atoms with Crippen molar-refractivity contribution in [3.63, 3.8) is 0 Å². The number of nitrogens with one attached hydrogen (secondary N) is 2. The fourth-order valence-corrected chi connectivity index (χ4v) is 4.09. The summed E-state index contributed by atoms with van der Waals surface area (Å²) in [5.41, 5.74) is 1.13. The van der Waals surface area contributed by atoms with Crippen LogP contribution in [0.15, 0.2) is 95.7 Å². The Balaban J connectivity index is 1.13. The number of ether oxygens (including phenoxy) is 1. The minimum atomic E-state index is -1.14. The number of carbonyl (C=O) groups is 2. The zero-order valence-corrected chi connectivity index (χ0v) is 20.0. The smallest absolute Gasteiger partial charge is 0.240 e. The number of fused-ring (bicyclic) bond motifs is 1. The summed E-state index contributed by atoms with van der Waals surface area (Å²) in [6.45, 7) is 0. The minimum absolute atomic E-state index is 0.340. The lowest BCUT2D eigenvalue weighted by Crippen LogP contribution is -2.35. The first-order valence-corrected chi connectivity index (χ1v) is 12.0. The molecule has 0 bridgehead atoms. The SMILES string of the molecule is O=C(Nc1ccc(F)cc1)C1(C(=O)Nc2ccc(Oc3ncnc4oc(-c5ccccc5)cc34)cc2)CC1. The van der Waals surface area contributed by atoms with Crippen LogP contribution < -0.4 is 15.4 Å². The van der Waals surface area contributed by atoms with E-state index in [1.54, 1.807) is 24.3 Å². The minimum Gasteiger partial charge on any atom is -0.438 e. The Morgan fingerprint density at radius 1 is 0.842 bits per heavy atom. The highest BCUT2D eigenvalue weighted by Crippen LogP contribution is 2.47. The van der Waals surface area contributed by atoms with Crippen molar-refractivity contribution >= 4 is 34.3 Å². The van der Waals surface area contributed by atoms with E-state index in [0.29, 0.717) is 52.7 Å². The molecule has 0 atom stereocenters. The molecule has 0 spiro atoms. The van der Waals surface area contributed by atoms with Crippen molar-refractivity contribution in [1.82, 2.24) is 9.97 Å². The van der Waals surface area contributed by atoms with E-state index in [4.69, 9.17) is 9.15 Å². The highest BCUT2D eigenvalue weighted by atomic mass is 19.1. The number of amides is 2. The first-order chi connectivity index (χ1) is 18.5. The van der Waals surface area contributed by atoms with Crippen molar-refractivity contribution < 1.29 is 23.1 Å². The second-order valence-corrected chi connectivity index (χ2v) is 9.00. The number of hydrogen-bond acceptors (Lipinski definition) is 6. The van der Waals surface area contributed by atoms with Crippen molar-refractivity contribution in [2.45, 2.75) is 12.8 Å². The molecule has 1 fully saturated rings. The highest BCUT2D eigenvalue weighted by Gasteiger charge is 2.56. The summed E-state index contributed by atoms with van der Waals surface area (Å²) in [6, 6.07) is 23.7. The van der Waals surface area contributed by atoms with Gasteiger partial charge in [-0.1, -0.05) is 30.3 Å². The molecule has 1 saturated carbocycles. The zero-order valence-electron chi connectivity index (χ0n) is 20.0. The van der Waals surface area contributed by atoms with Crippen molar-refractivity contribution in [2.75, 3.05) is 10.6 Å². The predicted molar refractivity (Wildman–Crippen MR) is 139 cm³/mol. The number of anilines is 2. The molecule has 188 valence electrons. The van der Waals surface area contributed by atoms with Crippen LogP contribution in [0.25, 0.3) is 22.4 Å². The van der Waals surface area contributed by atoms with Gasteiger partial charge in [-0.3, -0.25) is 9.59 Å². The van der Waals surface area contributed by atoms with E-state index < -0.39 is 23.0 Å². The molecule has 0 aliphatic heterocycles. The molecule has 0 saturated heterocycles. The number of benzene rings is 3. The van der Waals surface area contributed by atoms with E-state index >= 15 is 0 Å². The van der Waals surface area contributed by atoms with Gasteiger partial charge in [-0.05, 0) is 67.4 Å². The molecule has 0 radical (unpaired) electrons. The molecule has 2 N–H and O–H groups in total. The maximum absolute atomic E-state index is 13.1. The molecule has 8 nitrogen and oxygen atoms in total. The van der Waals surface area contributed by atoms with Gasteiger partial charge in [0, 0.05) is 16.9 Å². The van der Waals surface area contributed by atoms with Crippen molar-refractivity contribution in [3.05, 3.63) is 97.1 Å². The van der Waals surface area contributed by atoms with Gasteiger partial charge in [-0.2, -0.15) is 0 Å². The van der Waals surface area contributed by atoms with Crippen LogP contribution in [-0.4, -0.2) is 21.8 Å². The lowest BCUT2D eigenvalue weighted by Gasteiger charge is -2.16. The molecule has 2 amide bonds. The second kappa shape index (κ2) is 9.44. The Labute approximate surface area is 216 Å². The summed E-state index contributed by atoms with van der Waals surface area (Å²) in [4.78, 5) is 34.1. The Hall–Kier alpha value is -5.05. The van der Waals surface area contributed by atoms with Crippen LogP contribution in [0.4, 0.5) is 15.8 Å². The van der Waals surface area contributed by atoms with Gasteiger partial charge in [0.25, 0.3) is 0 Å². The standard InChI is InChI=1S/C29H21FN4O4/c30-19-6-8-20(9-7-19)33-27(35)29(14-15-29)28(36)34-21-10-12-22(13-11-21)37-25-23-16-24(18-4-2-1-3-5-18)38-26(23)32-17-31-25/h1-13,16-17H,14-15H2,(H,33,35)(H,34,36). The Bertz CT molecular complexity index is 1630. The van der Waals surface area contributed by atoms with Gasteiger partial charge in [0.15, 0.2) is 0 Å². The number of furan rings is 1. The largest absolute Gasteiger partial charge is 0.438 e. The fraction of sp³-hybridized carbons (Fsp3) is 0.103. The predicted octanol–water partition coefficient (Wildman–Crippen LogP) is 6.18. The summed E-state index contributed by atoms with van der Waals surface area (Å²) in [6.07, 6.45) is 2.25. The van der Waals surface area contributed by atoms with E-state index in [-0.39, 0.29) is 0 Å². The second-order valence-electron chi connectivity index (χ2n) is 9.00. The number of aromatic nitrogens is 2. The number of rotatable bonds is 7. The first-order valence-electron chi connectivity index (χ1n) is 12.0. The average molecular weight is 509 g/mol. The Morgan fingerprint density at radius 2 is 1.47 bits per heavy atom. The fourth-order valence-electron chi connectivity index (χ4n) is 4.09. The van der Waals surface area contributed by atoms with Crippen LogP contribution in [0.1, 0.15) is 12.8 Å². The van der Waals surface area contributed by atoms with E-state index in [2.05, 4.69) is 20.6 Å². The molecule has 5 aromatic rings. The van der Waals surface area contributed by atoms with Crippen LogP contribution >= 0.6 is 0 Å². The lowest BCUT2D eigenvalue weighted by molar-refractivity contribution is -0.131.